The van der Waals surface area contributed by atoms with E-state index in [0.29, 0.717) is 10.1 Å². The molecule has 2 aromatic carbocycles. The van der Waals surface area contributed by atoms with Gasteiger partial charge >= 0.3 is 12.5 Å². The highest BCUT2D eigenvalue weighted by Crippen LogP contribution is 2.24. The van der Waals surface area contributed by atoms with E-state index in [1.54, 1.807) is 44.2 Å². The second-order valence-corrected chi connectivity index (χ2v) is 9.14. The Kier molecular flexibility index (Phi) is 6.71. The molecule has 0 spiro atoms. The number of esters is 1. The molecular formula is C21H23F2N3O4S. The highest BCUT2D eigenvalue weighted by Gasteiger charge is 2.30. The Morgan fingerprint density at radius 3 is 2.39 bits per heavy atom. The van der Waals surface area contributed by atoms with E-state index in [4.69, 9.17) is 4.74 Å². The maximum Gasteiger partial charge on any atom is 0.324 e. The van der Waals surface area contributed by atoms with Gasteiger partial charge in [0.1, 0.15) is 12.6 Å². The van der Waals surface area contributed by atoms with E-state index in [0.717, 1.165) is 5.56 Å². The van der Waals surface area contributed by atoms with Crippen molar-refractivity contribution in [3.05, 3.63) is 59.9 Å². The van der Waals surface area contributed by atoms with Crippen LogP contribution in [0.15, 0.2) is 53.4 Å². The number of nitrogens with zero attached hydrogens (tertiary/aromatic N) is 2. The smallest absolute Gasteiger partial charge is 0.324 e. The Morgan fingerprint density at radius 1 is 1.13 bits per heavy atom. The van der Waals surface area contributed by atoms with Crippen molar-refractivity contribution in [1.29, 1.82) is 0 Å². The summed E-state index contributed by atoms with van der Waals surface area (Å²) in [7, 11) is -3.98. The molecule has 1 aromatic heterocycles. The number of alkyl halides is 2. The molecule has 0 aliphatic carbocycles. The van der Waals surface area contributed by atoms with Gasteiger partial charge in [-0.15, -0.1) is 0 Å². The zero-order valence-electron chi connectivity index (χ0n) is 17.2. The van der Waals surface area contributed by atoms with Gasteiger partial charge in [-0.1, -0.05) is 43.7 Å². The average Bonchev–Trinajstić information content (AvgIpc) is 3.09. The van der Waals surface area contributed by atoms with Gasteiger partial charge in [0.05, 0.1) is 15.9 Å². The van der Waals surface area contributed by atoms with Gasteiger partial charge in [0, 0.05) is 0 Å². The van der Waals surface area contributed by atoms with Crippen molar-refractivity contribution in [1.82, 2.24) is 14.3 Å². The summed E-state index contributed by atoms with van der Waals surface area (Å²) in [5.74, 6) is -1.45. The summed E-state index contributed by atoms with van der Waals surface area (Å²) in [6.45, 7) is 1.73. The number of carbonyl (C=O) groups is 1. The molecule has 1 N–H and O–H groups in total. The van der Waals surface area contributed by atoms with Crippen molar-refractivity contribution in [3.63, 3.8) is 0 Å². The summed E-state index contributed by atoms with van der Waals surface area (Å²) >= 11 is 0. The van der Waals surface area contributed by atoms with E-state index in [2.05, 4.69) is 9.71 Å². The molecule has 0 amide bonds. The van der Waals surface area contributed by atoms with Crippen LogP contribution in [0.1, 0.15) is 31.8 Å². The number of aryl methyl sites for hydroxylation is 1. The first kappa shape index (κ1) is 22.8. The molecule has 1 heterocycles. The van der Waals surface area contributed by atoms with Gasteiger partial charge < -0.3 is 4.74 Å². The van der Waals surface area contributed by atoms with Crippen LogP contribution < -0.4 is 4.72 Å². The minimum Gasteiger partial charge on any atom is -0.456 e. The van der Waals surface area contributed by atoms with Gasteiger partial charge in [-0.05, 0) is 37.1 Å². The first-order valence-corrected chi connectivity index (χ1v) is 11.1. The fraction of sp³-hybridized carbons (Fsp3) is 0.333. The number of para-hydroxylation sites is 2. The van der Waals surface area contributed by atoms with Crippen LogP contribution >= 0.6 is 0 Å². The summed E-state index contributed by atoms with van der Waals surface area (Å²) < 4.78 is 60.6. The molecule has 166 valence electrons. The third-order valence-electron chi connectivity index (χ3n) is 4.74. The quantitative estimate of drug-likeness (QED) is 0.527. The Labute approximate surface area is 179 Å². The highest BCUT2D eigenvalue weighted by atomic mass is 32.2. The summed E-state index contributed by atoms with van der Waals surface area (Å²) in [6, 6.07) is 11.3. The molecule has 0 unspecified atom stereocenters. The molecule has 7 nitrogen and oxygen atoms in total. The zero-order valence-corrected chi connectivity index (χ0v) is 18.1. The minimum absolute atomic E-state index is 0.0102. The number of fused-ring (bicyclic) bond motifs is 1. The van der Waals surface area contributed by atoms with Crippen LogP contribution in [0.2, 0.25) is 0 Å². The van der Waals surface area contributed by atoms with E-state index in [1.165, 1.54) is 18.2 Å². The first-order chi connectivity index (χ1) is 14.6. The molecule has 0 saturated carbocycles. The van der Waals surface area contributed by atoms with Gasteiger partial charge in [-0.2, -0.15) is 13.5 Å². The third kappa shape index (κ3) is 5.08. The molecule has 0 radical (unpaired) electrons. The molecule has 0 fully saturated rings. The van der Waals surface area contributed by atoms with Crippen molar-refractivity contribution < 1.29 is 26.7 Å². The van der Waals surface area contributed by atoms with Crippen LogP contribution in [0.3, 0.4) is 0 Å². The Balaban J connectivity index is 1.78. The Morgan fingerprint density at radius 2 is 1.77 bits per heavy atom. The molecule has 10 heteroatoms. The number of hydrogen-bond acceptors (Lipinski definition) is 5. The molecule has 0 aliphatic rings. The highest BCUT2D eigenvalue weighted by molar-refractivity contribution is 7.89. The van der Waals surface area contributed by atoms with E-state index in [9.17, 15) is 22.0 Å². The van der Waals surface area contributed by atoms with Crippen LogP contribution in [0.5, 0.6) is 0 Å². The number of sulfonamides is 1. The summed E-state index contributed by atoms with van der Waals surface area (Å²) in [5, 5.41) is 0. The lowest BCUT2D eigenvalue weighted by atomic mass is 10.1. The normalized spacial score (nSPS) is 13.1. The third-order valence-corrected chi connectivity index (χ3v) is 6.20. The van der Waals surface area contributed by atoms with E-state index in [1.807, 2.05) is 6.92 Å². The van der Waals surface area contributed by atoms with Crippen LogP contribution in [0, 0.1) is 12.8 Å². The largest absolute Gasteiger partial charge is 0.456 e. The van der Waals surface area contributed by atoms with Crippen LogP contribution in [0.4, 0.5) is 8.78 Å². The number of imidazole rings is 1. The molecule has 0 aliphatic heterocycles. The second kappa shape index (κ2) is 9.11. The standard InChI is InChI=1S/C21H23F2N3O4S/c1-13(2)19(25-31(28,29)15-10-8-14(3)9-11-15)20(27)30-12-18-24-16-6-4-5-7-17(16)26(18)21(22)23/h4-11,13,19,21,25H,12H2,1-3H3/t19-/m0/s1. The lowest BCUT2D eigenvalue weighted by Gasteiger charge is -2.21. The summed E-state index contributed by atoms with van der Waals surface area (Å²) in [6.07, 6.45) is 0. The summed E-state index contributed by atoms with van der Waals surface area (Å²) in [5.41, 5.74) is 1.44. The van der Waals surface area contributed by atoms with Crippen LogP contribution in [-0.4, -0.2) is 30.0 Å². The molecular weight excluding hydrogens is 428 g/mol. The number of aromatic nitrogens is 2. The molecule has 31 heavy (non-hydrogen) atoms. The number of benzene rings is 2. The number of hydrogen-bond donors (Lipinski definition) is 1. The topological polar surface area (TPSA) is 90.3 Å². The fourth-order valence-electron chi connectivity index (χ4n) is 3.05. The predicted molar refractivity (Wildman–Crippen MR) is 111 cm³/mol. The van der Waals surface area contributed by atoms with Crippen molar-refractivity contribution in [3.8, 4) is 0 Å². The predicted octanol–water partition coefficient (Wildman–Crippen LogP) is 3.79. The number of carbonyl (C=O) groups excluding carboxylic acids is 1. The number of rotatable bonds is 8. The zero-order chi connectivity index (χ0) is 22.8. The number of nitrogens with one attached hydrogen (secondary N) is 1. The van der Waals surface area contributed by atoms with E-state index in [-0.39, 0.29) is 16.2 Å². The molecule has 1 atom stereocenters. The van der Waals surface area contributed by atoms with Gasteiger partial charge in [0.15, 0.2) is 5.82 Å². The van der Waals surface area contributed by atoms with Crippen LogP contribution in [-0.2, 0) is 26.2 Å². The lowest BCUT2D eigenvalue weighted by Crippen LogP contribution is -2.45. The number of halogens is 2. The molecule has 3 rings (SSSR count). The number of ether oxygens (including phenoxy) is 1. The van der Waals surface area contributed by atoms with Crippen LogP contribution in [0.25, 0.3) is 11.0 Å². The SMILES string of the molecule is Cc1ccc(S(=O)(=O)N[C@H](C(=O)OCc2nc3ccccc3n2C(F)F)C(C)C)cc1. The first-order valence-electron chi connectivity index (χ1n) is 9.60. The Hall–Kier alpha value is -2.85. The van der Waals surface area contributed by atoms with Crippen molar-refractivity contribution in [2.45, 2.75) is 44.9 Å². The van der Waals surface area contributed by atoms with Gasteiger partial charge in [0.2, 0.25) is 10.0 Å². The van der Waals surface area contributed by atoms with Gasteiger partial charge in [-0.3, -0.25) is 9.36 Å². The van der Waals surface area contributed by atoms with E-state index >= 15 is 0 Å². The Bertz CT molecular complexity index is 1180. The van der Waals surface area contributed by atoms with E-state index < -0.39 is 41.1 Å². The molecule has 3 aromatic rings. The second-order valence-electron chi connectivity index (χ2n) is 7.43. The van der Waals surface area contributed by atoms with Crippen molar-refractivity contribution in [2.75, 3.05) is 0 Å². The summed E-state index contributed by atoms with van der Waals surface area (Å²) in [4.78, 5) is 16.8. The monoisotopic (exact) mass is 451 g/mol. The average molecular weight is 451 g/mol. The van der Waals surface area contributed by atoms with Crippen molar-refractivity contribution >= 4 is 27.0 Å². The van der Waals surface area contributed by atoms with Gasteiger partial charge in [0.25, 0.3) is 0 Å². The lowest BCUT2D eigenvalue weighted by molar-refractivity contribution is -0.148. The maximum absolute atomic E-state index is 13.5. The fourth-order valence-corrected chi connectivity index (χ4v) is 4.38. The van der Waals surface area contributed by atoms with Gasteiger partial charge in [-0.25, -0.2) is 13.4 Å². The maximum atomic E-state index is 13.5. The molecule has 0 saturated heterocycles. The van der Waals surface area contributed by atoms with Crippen molar-refractivity contribution in [2.24, 2.45) is 5.92 Å². The molecule has 0 bridgehead atoms. The minimum atomic E-state index is -3.98.